The molecule has 0 spiro atoms. The highest BCUT2D eigenvalue weighted by Crippen LogP contribution is 2.52. The molecule has 9 heteroatoms. The number of benzene rings is 2. The third-order valence-corrected chi connectivity index (χ3v) is 8.31. The predicted octanol–water partition coefficient (Wildman–Crippen LogP) is 5.51. The first-order valence-electron chi connectivity index (χ1n) is 12.0. The summed E-state index contributed by atoms with van der Waals surface area (Å²) in [6, 6.07) is 12.9. The van der Waals surface area contributed by atoms with Gasteiger partial charge in [-0.15, -0.1) is 0 Å². The first kappa shape index (κ1) is 23.4. The van der Waals surface area contributed by atoms with E-state index in [1.54, 1.807) is 12.1 Å². The van der Waals surface area contributed by atoms with Crippen molar-refractivity contribution < 1.29 is 4.92 Å². The van der Waals surface area contributed by atoms with Gasteiger partial charge in [0.1, 0.15) is 11.7 Å². The monoisotopic (exact) mass is 488 g/mol. The Labute approximate surface area is 209 Å². The largest absolute Gasteiger partial charge is 0.343 e. The second kappa shape index (κ2) is 8.68. The summed E-state index contributed by atoms with van der Waals surface area (Å²) < 4.78 is 0. The number of aromatic amines is 1. The lowest BCUT2D eigenvalue weighted by Crippen LogP contribution is -2.44. The van der Waals surface area contributed by atoms with Crippen LogP contribution in [-0.4, -0.2) is 37.0 Å². The second-order valence-electron chi connectivity index (χ2n) is 9.75. The van der Waals surface area contributed by atoms with Gasteiger partial charge in [0.15, 0.2) is 5.41 Å². The van der Waals surface area contributed by atoms with Gasteiger partial charge in [-0.1, -0.05) is 31.4 Å². The van der Waals surface area contributed by atoms with Crippen molar-refractivity contribution in [1.82, 2.24) is 14.9 Å². The third kappa shape index (κ3) is 3.59. The van der Waals surface area contributed by atoms with Gasteiger partial charge in [0.25, 0.3) is 5.69 Å². The number of aryl methyl sites for hydroxylation is 2. The third-order valence-electron chi connectivity index (χ3n) is 7.76. The maximum absolute atomic E-state index is 11.2. The number of imidazole rings is 1. The highest BCUT2D eigenvalue weighted by molar-refractivity contribution is 7.81. The molecule has 180 valence electrons. The summed E-state index contributed by atoms with van der Waals surface area (Å²) >= 11 is 5.00. The Morgan fingerprint density at radius 3 is 2.49 bits per heavy atom. The number of fused-ring (bicyclic) bond motifs is 1. The fourth-order valence-electron chi connectivity index (χ4n) is 5.74. The lowest BCUT2D eigenvalue weighted by molar-refractivity contribution is -0.384. The number of likely N-dealkylation sites (tertiary alicyclic amines) is 1. The number of thiol groups is 1. The van der Waals surface area contributed by atoms with Crippen molar-refractivity contribution in [1.29, 1.82) is 10.7 Å². The number of H-pyrrole nitrogens is 1. The van der Waals surface area contributed by atoms with Gasteiger partial charge in [-0.25, -0.2) is 4.98 Å². The van der Waals surface area contributed by atoms with E-state index in [4.69, 9.17) is 17.6 Å². The number of nitrogens with one attached hydrogen (secondary N) is 2. The average Bonchev–Trinajstić information content (AvgIpc) is 3.35. The number of nitro benzene ring substituents is 1. The van der Waals surface area contributed by atoms with E-state index in [-0.39, 0.29) is 17.6 Å². The standard InChI is InChI=1S/C26H28N6O2S/c1-15-12-20-21(13-16(15)2)30-25(29-20)26(14-27)22(17-8-10-19(11-9-17)32(33)34)23(35)31(24(26)28)18-6-4-3-5-7-18/h8-13,18,22-23,28,35H,3-7H2,1-2H3,(H,29,30). The second-order valence-corrected chi connectivity index (χ2v) is 10.3. The van der Waals surface area contributed by atoms with Crippen LogP contribution in [0, 0.1) is 40.7 Å². The number of amidine groups is 1. The maximum atomic E-state index is 11.2. The van der Waals surface area contributed by atoms with Gasteiger partial charge in [0.2, 0.25) is 0 Å². The maximum Gasteiger partial charge on any atom is 0.269 e. The number of nitrogens with zero attached hydrogens (tertiary/aromatic N) is 4. The molecule has 1 aromatic heterocycles. The molecule has 1 saturated carbocycles. The molecule has 8 nitrogen and oxygen atoms in total. The van der Waals surface area contributed by atoms with Gasteiger partial charge in [0, 0.05) is 24.1 Å². The first-order chi connectivity index (χ1) is 16.8. The summed E-state index contributed by atoms with van der Waals surface area (Å²) in [5, 5.41) is 30.9. The number of rotatable bonds is 4. The summed E-state index contributed by atoms with van der Waals surface area (Å²) in [5.74, 6) is 0.0854. The lowest BCUT2D eigenvalue weighted by Gasteiger charge is -2.36. The molecular weight excluding hydrogens is 460 g/mol. The van der Waals surface area contributed by atoms with E-state index in [9.17, 15) is 20.8 Å². The number of nitriles is 1. The zero-order valence-electron chi connectivity index (χ0n) is 19.8. The molecule has 2 fully saturated rings. The zero-order valence-corrected chi connectivity index (χ0v) is 20.7. The number of aromatic nitrogens is 2. The van der Waals surface area contributed by atoms with Crippen LogP contribution >= 0.6 is 12.6 Å². The van der Waals surface area contributed by atoms with Crippen molar-refractivity contribution in [2.75, 3.05) is 0 Å². The summed E-state index contributed by atoms with van der Waals surface area (Å²) in [4.78, 5) is 21.0. The Kier molecular flexibility index (Phi) is 5.80. The van der Waals surface area contributed by atoms with Gasteiger partial charge < -0.3 is 9.88 Å². The molecule has 2 N–H and O–H groups in total. The first-order valence-corrected chi connectivity index (χ1v) is 12.5. The van der Waals surface area contributed by atoms with E-state index in [1.165, 1.54) is 18.6 Å². The van der Waals surface area contributed by atoms with Gasteiger partial charge >= 0.3 is 0 Å². The van der Waals surface area contributed by atoms with Crippen LogP contribution in [-0.2, 0) is 5.41 Å². The van der Waals surface area contributed by atoms with Crippen LogP contribution in [0.4, 0.5) is 5.69 Å². The van der Waals surface area contributed by atoms with Crippen LogP contribution in [0.2, 0.25) is 0 Å². The van der Waals surface area contributed by atoms with Crippen LogP contribution in [0.1, 0.15) is 60.5 Å². The number of nitro groups is 1. The topological polar surface area (TPSA) is 123 Å². The van der Waals surface area contributed by atoms with Gasteiger partial charge in [-0.2, -0.15) is 17.9 Å². The highest BCUT2D eigenvalue weighted by atomic mass is 32.1. The molecule has 3 atom stereocenters. The Bertz CT molecular complexity index is 1320. The highest BCUT2D eigenvalue weighted by Gasteiger charge is 2.61. The molecule has 2 heterocycles. The molecular formula is C26H28N6O2S. The number of non-ortho nitro benzene ring substituents is 1. The van der Waals surface area contributed by atoms with Crippen molar-refractivity contribution >= 4 is 35.2 Å². The van der Waals surface area contributed by atoms with Crippen molar-refractivity contribution in [2.24, 2.45) is 0 Å². The Balaban J connectivity index is 1.70. The smallest absolute Gasteiger partial charge is 0.269 e. The molecule has 3 unspecified atom stereocenters. The SMILES string of the molecule is Cc1cc2nc(C3(C#N)C(=N)N(C4CCCCC4)C(S)C3c3ccc([N+](=O)[O-])cc3)[nH]c2cc1C. The van der Waals surface area contributed by atoms with E-state index in [0.29, 0.717) is 5.82 Å². The Morgan fingerprint density at radius 2 is 1.86 bits per heavy atom. The lowest BCUT2D eigenvalue weighted by atomic mass is 9.74. The van der Waals surface area contributed by atoms with Gasteiger partial charge in [-0.05, 0) is 55.5 Å². The van der Waals surface area contributed by atoms with Crippen LogP contribution < -0.4 is 0 Å². The summed E-state index contributed by atoms with van der Waals surface area (Å²) in [5.41, 5.74) is 3.10. The average molecular weight is 489 g/mol. The quantitative estimate of drug-likeness (QED) is 0.254. The molecule has 0 bridgehead atoms. The number of hydrogen-bond acceptors (Lipinski definition) is 6. The van der Waals surface area contributed by atoms with E-state index >= 15 is 0 Å². The summed E-state index contributed by atoms with van der Waals surface area (Å²) in [6.45, 7) is 4.05. The van der Waals surface area contributed by atoms with Crippen molar-refractivity contribution in [2.45, 2.75) is 68.7 Å². The summed E-state index contributed by atoms with van der Waals surface area (Å²) in [6.07, 6.45) is 5.24. The fourth-order valence-corrected chi connectivity index (χ4v) is 6.44. The van der Waals surface area contributed by atoms with Crippen LogP contribution in [0.25, 0.3) is 11.0 Å². The minimum Gasteiger partial charge on any atom is -0.343 e. The summed E-state index contributed by atoms with van der Waals surface area (Å²) in [7, 11) is 0. The van der Waals surface area contributed by atoms with E-state index in [1.807, 2.05) is 30.9 Å². The Hall–Kier alpha value is -3.38. The molecule has 0 amide bonds. The van der Waals surface area contributed by atoms with Crippen molar-refractivity contribution in [3.63, 3.8) is 0 Å². The zero-order chi connectivity index (χ0) is 24.9. The van der Waals surface area contributed by atoms with Gasteiger partial charge in [0.05, 0.1) is 27.4 Å². The van der Waals surface area contributed by atoms with Crippen LogP contribution in [0.5, 0.6) is 0 Å². The predicted molar refractivity (Wildman–Crippen MR) is 138 cm³/mol. The normalized spacial score (nSPS) is 25.2. The minimum atomic E-state index is -1.40. The Morgan fingerprint density at radius 1 is 1.20 bits per heavy atom. The molecule has 35 heavy (non-hydrogen) atoms. The van der Waals surface area contributed by atoms with E-state index in [2.05, 4.69) is 11.1 Å². The molecule has 1 aliphatic carbocycles. The van der Waals surface area contributed by atoms with Crippen molar-refractivity contribution in [3.05, 3.63) is 69.0 Å². The molecule has 2 aliphatic rings. The molecule has 5 rings (SSSR count). The minimum absolute atomic E-state index is 0.0149. The molecule has 2 aromatic carbocycles. The molecule has 1 saturated heterocycles. The molecule has 3 aromatic rings. The van der Waals surface area contributed by atoms with Crippen LogP contribution in [0.3, 0.4) is 0 Å². The van der Waals surface area contributed by atoms with E-state index in [0.717, 1.165) is 53.4 Å². The number of hydrogen-bond donors (Lipinski definition) is 3. The molecule has 0 radical (unpaired) electrons. The molecule has 1 aliphatic heterocycles. The van der Waals surface area contributed by atoms with Gasteiger partial charge in [-0.3, -0.25) is 15.5 Å². The van der Waals surface area contributed by atoms with Crippen LogP contribution in [0.15, 0.2) is 36.4 Å². The van der Waals surface area contributed by atoms with Crippen molar-refractivity contribution in [3.8, 4) is 6.07 Å². The fraction of sp³-hybridized carbons (Fsp3) is 0.423. The van der Waals surface area contributed by atoms with E-state index < -0.39 is 21.6 Å².